The highest BCUT2D eigenvalue weighted by Crippen LogP contribution is 2.41. The molecule has 39 heavy (non-hydrogen) atoms. The summed E-state index contributed by atoms with van der Waals surface area (Å²) in [6.45, 7) is 6.73. The molecule has 0 saturated carbocycles. The number of piperazine rings is 1. The fraction of sp³-hybridized carbons (Fsp3) is 0.333. The molecular weight excluding hydrogens is 490 g/mol. The summed E-state index contributed by atoms with van der Waals surface area (Å²) >= 11 is 0. The van der Waals surface area contributed by atoms with Crippen molar-refractivity contribution in [2.24, 2.45) is 0 Å². The van der Waals surface area contributed by atoms with E-state index >= 15 is 0 Å². The molecule has 2 aliphatic heterocycles. The highest BCUT2D eigenvalue weighted by atomic mass is 16.2. The van der Waals surface area contributed by atoms with E-state index in [4.69, 9.17) is 0 Å². The molecule has 4 aromatic rings. The Labute approximate surface area is 227 Å². The summed E-state index contributed by atoms with van der Waals surface area (Å²) in [6.07, 6.45) is 0.804. The minimum atomic E-state index is -0.607. The number of pyridine rings is 1. The number of rotatable bonds is 4. The molecule has 2 aromatic heterocycles. The number of H-pyrrole nitrogens is 1. The van der Waals surface area contributed by atoms with Crippen LogP contribution >= 0.6 is 0 Å². The summed E-state index contributed by atoms with van der Waals surface area (Å²) in [5.41, 5.74) is 3.36. The van der Waals surface area contributed by atoms with Gasteiger partial charge in [-0.05, 0) is 45.0 Å². The number of nitrogens with zero attached hydrogens (tertiary/aromatic N) is 5. The number of nitrogens with one attached hydrogen (secondary N) is 2. The summed E-state index contributed by atoms with van der Waals surface area (Å²) in [7, 11) is 2.11. The van der Waals surface area contributed by atoms with Crippen LogP contribution in [0.25, 0.3) is 10.9 Å². The summed E-state index contributed by atoms with van der Waals surface area (Å²) < 4.78 is 0. The van der Waals surface area contributed by atoms with Crippen molar-refractivity contribution >= 4 is 28.7 Å². The lowest BCUT2D eigenvalue weighted by molar-refractivity contribution is 0.0611. The molecule has 0 bridgehead atoms. The molecule has 0 radical (unpaired) electrons. The number of likely N-dealkylation sites (N-methyl/N-ethyl adjacent to an activating group) is 1. The number of aromatic nitrogens is 3. The number of amides is 3. The van der Waals surface area contributed by atoms with Crippen LogP contribution in [0.1, 0.15) is 41.2 Å². The number of hydrogen-bond donors (Lipinski definition) is 2. The summed E-state index contributed by atoms with van der Waals surface area (Å²) in [4.78, 5) is 37.9. The van der Waals surface area contributed by atoms with Gasteiger partial charge in [0.25, 0.3) is 5.91 Å². The van der Waals surface area contributed by atoms with Crippen LogP contribution in [0.2, 0.25) is 0 Å². The first-order chi connectivity index (χ1) is 18.8. The standard InChI is InChI=1S/C30H33N7O2/c1-30(2)26-23(27(34-33-26)32-28(38)25-14-13-21-11-7-8-12-24(21)31-25)19-37(30)29(39)36-16-15-35(3)18-22(36)17-20-9-5-4-6-10-20/h4-14,22H,15-19H2,1-3H3,(H2,32,33,34,38). The average molecular weight is 524 g/mol. The smallest absolute Gasteiger partial charge is 0.319 e. The van der Waals surface area contributed by atoms with Crippen molar-refractivity contribution < 1.29 is 9.59 Å². The number of hydrogen-bond acceptors (Lipinski definition) is 5. The van der Waals surface area contributed by atoms with E-state index < -0.39 is 5.54 Å². The van der Waals surface area contributed by atoms with E-state index in [0.29, 0.717) is 24.6 Å². The number of urea groups is 1. The molecule has 0 aliphatic carbocycles. The van der Waals surface area contributed by atoms with Gasteiger partial charge in [-0.3, -0.25) is 9.89 Å². The highest BCUT2D eigenvalue weighted by molar-refractivity contribution is 6.04. The SMILES string of the molecule is CN1CCN(C(=O)N2Cc3c(NC(=O)c4ccc5ccccc5n4)n[nH]c3C2(C)C)C(Cc2ccccc2)C1. The molecule has 200 valence electrons. The first-order valence-corrected chi connectivity index (χ1v) is 13.4. The first kappa shape index (κ1) is 25.1. The topological polar surface area (TPSA) is 97.5 Å². The fourth-order valence-electron chi connectivity index (χ4n) is 5.77. The number of carbonyl (C=O) groups is 2. The Hall–Kier alpha value is -4.24. The van der Waals surface area contributed by atoms with Crippen LogP contribution < -0.4 is 5.32 Å². The number of fused-ring (bicyclic) bond motifs is 2. The van der Waals surface area contributed by atoms with Crippen LogP contribution in [0, 0.1) is 0 Å². The Morgan fingerprint density at radius 1 is 1.03 bits per heavy atom. The molecule has 9 heteroatoms. The molecule has 6 rings (SSSR count). The van der Waals surface area contributed by atoms with Gasteiger partial charge in [0.2, 0.25) is 0 Å². The van der Waals surface area contributed by atoms with Crippen molar-refractivity contribution in [2.75, 3.05) is 32.0 Å². The molecule has 1 saturated heterocycles. The van der Waals surface area contributed by atoms with Crippen molar-refractivity contribution in [1.82, 2.24) is 29.9 Å². The molecule has 3 amide bonds. The van der Waals surface area contributed by atoms with E-state index in [9.17, 15) is 9.59 Å². The molecule has 4 heterocycles. The van der Waals surface area contributed by atoms with Crippen LogP contribution in [-0.2, 0) is 18.5 Å². The minimum absolute atomic E-state index is 0.00658. The normalized spacial score (nSPS) is 18.8. The van der Waals surface area contributed by atoms with E-state index in [0.717, 1.165) is 41.7 Å². The van der Waals surface area contributed by atoms with Gasteiger partial charge >= 0.3 is 6.03 Å². The molecule has 2 aliphatic rings. The molecular formula is C30H33N7O2. The molecule has 1 fully saturated rings. The van der Waals surface area contributed by atoms with E-state index in [1.54, 1.807) is 6.07 Å². The molecule has 1 atom stereocenters. The predicted octanol–water partition coefficient (Wildman–Crippen LogP) is 4.24. The lowest BCUT2D eigenvalue weighted by atomic mass is 10.00. The Morgan fingerprint density at radius 3 is 2.62 bits per heavy atom. The molecule has 0 spiro atoms. The maximum absolute atomic E-state index is 14.1. The quantitative estimate of drug-likeness (QED) is 0.417. The summed E-state index contributed by atoms with van der Waals surface area (Å²) in [5.74, 6) is 0.104. The average Bonchev–Trinajstić information content (AvgIpc) is 3.46. The Bertz CT molecular complexity index is 1530. The lowest BCUT2D eigenvalue weighted by Crippen LogP contribution is -2.59. The van der Waals surface area contributed by atoms with Gasteiger partial charge in [0.15, 0.2) is 5.82 Å². The van der Waals surface area contributed by atoms with Gasteiger partial charge in [0.1, 0.15) is 5.69 Å². The monoisotopic (exact) mass is 523 g/mol. The predicted molar refractivity (Wildman–Crippen MR) is 150 cm³/mol. The van der Waals surface area contributed by atoms with Crippen molar-refractivity contribution in [3.63, 3.8) is 0 Å². The third-order valence-electron chi connectivity index (χ3n) is 8.01. The van der Waals surface area contributed by atoms with E-state index in [2.05, 4.69) is 44.6 Å². The van der Waals surface area contributed by atoms with Crippen molar-refractivity contribution in [3.8, 4) is 0 Å². The first-order valence-electron chi connectivity index (χ1n) is 13.4. The van der Waals surface area contributed by atoms with Crippen molar-refractivity contribution in [3.05, 3.63) is 89.2 Å². The van der Waals surface area contributed by atoms with Crippen LogP contribution in [0.4, 0.5) is 10.6 Å². The number of carbonyl (C=O) groups excluding carboxylic acids is 2. The largest absolute Gasteiger partial charge is 0.321 e. The summed E-state index contributed by atoms with van der Waals surface area (Å²) in [6, 6.07) is 21.7. The second-order valence-electron chi connectivity index (χ2n) is 11.0. The van der Waals surface area contributed by atoms with Gasteiger partial charge in [-0.1, -0.05) is 54.6 Å². The lowest BCUT2D eigenvalue weighted by Gasteiger charge is -2.44. The van der Waals surface area contributed by atoms with Gasteiger partial charge in [0.05, 0.1) is 29.3 Å². The zero-order chi connectivity index (χ0) is 27.1. The Kier molecular flexibility index (Phi) is 6.31. The molecule has 2 N–H and O–H groups in total. The Morgan fingerprint density at radius 2 is 1.79 bits per heavy atom. The zero-order valence-corrected chi connectivity index (χ0v) is 22.5. The highest BCUT2D eigenvalue weighted by Gasteiger charge is 2.46. The maximum Gasteiger partial charge on any atom is 0.321 e. The third-order valence-corrected chi connectivity index (χ3v) is 8.01. The second-order valence-corrected chi connectivity index (χ2v) is 11.0. The van der Waals surface area contributed by atoms with E-state index in [-0.39, 0.29) is 18.0 Å². The number of benzene rings is 2. The maximum atomic E-state index is 14.1. The van der Waals surface area contributed by atoms with E-state index in [1.807, 2.05) is 72.2 Å². The molecule has 2 aromatic carbocycles. The fourth-order valence-corrected chi connectivity index (χ4v) is 5.77. The van der Waals surface area contributed by atoms with Crippen LogP contribution in [-0.4, -0.2) is 74.5 Å². The van der Waals surface area contributed by atoms with Gasteiger partial charge in [-0.2, -0.15) is 5.10 Å². The number of para-hydroxylation sites is 1. The van der Waals surface area contributed by atoms with Gasteiger partial charge in [0, 0.05) is 30.6 Å². The Balaban J connectivity index is 1.22. The van der Waals surface area contributed by atoms with E-state index in [1.165, 1.54) is 5.56 Å². The number of aromatic amines is 1. The van der Waals surface area contributed by atoms with Gasteiger partial charge in [-0.15, -0.1) is 0 Å². The van der Waals surface area contributed by atoms with Gasteiger partial charge < -0.3 is 20.0 Å². The van der Waals surface area contributed by atoms with Crippen molar-refractivity contribution in [2.45, 2.75) is 38.4 Å². The zero-order valence-electron chi connectivity index (χ0n) is 22.5. The second kappa shape index (κ2) is 9.81. The minimum Gasteiger partial charge on any atom is -0.319 e. The van der Waals surface area contributed by atoms with Crippen LogP contribution in [0.3, 0.4) is 0 Å². The number of anilines is 1. The summed E-state index contributed by atoms with van der Waals surface area (Å²) in [5, 5.41) is 11.4. The third kappa shape index (κ3) is 4.63. The molecule has 1 unspecified atom stereocenters. The van der Waals surface area contributed by atoms with Crippen LogP contribution in [0.5, 0.6) is 0 Å². The van der Waals surface area contributed by atoms with Crippen LogP contribution in [0.15, 0.2) is 66.7 Å². The molecule has 9 nitrogen and oxygen atoms in total. The van der Waals surface area contributed by atoms with Crippen molar-refractivity contribution in [1.29, 1.82) is 0 Å². The van der Waals surface area contributed by atoms with Gasteiger partial charge in [-0.25, -0.2) is 9.78 Å².